The Hall–Kier alpha value is -1.51. The topological polar surface area (TPSA) is 55.1 Å². The van der Waals surface area contributed by atoms with Crippen molar-refractivity contribution in [2.24, 2.45) is 5.92 Å². The van der Waals surface area contributed by atoms with Crippen molar-refractivity contribution in [1.82, 2.24) is 5.32 Å². The molecule has 1 aromatic rings. The highest BCUT2D eigenvalue weighted by Gasteiger charge is 2.21. The van der Waals surface area contributed by atoms with Crippen molar-refractivity contribution in [3.05, 3.63) is 29.3 Å². The van der Waals surface area contributed by atoms with E-state index in [2.05, 4.69) is 12.2 Å². The number of rotatable bonds is 3. The Labute approximate surface area is 115 Å². The molecule has 1 fully saturated rings. The normalized spacial score (nSPS) is 18.0. The van der Waals surface area contributed by atoms with Gasteiger partial charge in [-0.15, -0.1) is 0 Å². The predicted molar refractivity (Wildman–Crippen MR) is 79.1 cm³/mol. The maximum absolute atomic E-state index is 12.2. The first kappa shape index (κ1) is 13.9. The zero-order chi connectivity index (χ0) is 13.8. The SMILES string of the molecule is Cc1ccc(C(=O)N[C@H](C)C2CCCCC2)cc1N. The van der Waals surface area contributed by atoms with Gasteiger partial charge in [-0.2, -0.15) is 0 Å². The minimum atomic E-state index is -0.00947. The number of benzene rings is 1. The fourth-order valence-corrected chi connectivity index (χ4v) is 2.82. The summed E-state index contributed by atoms with van der Waals surface area (Å²) in [5, 5.41) is 3.12. The van der Waals surface area contributed by atoms with Crippen molar-refractivity contribution in [1.29, 1.82) is 0 Å². The average molecular weight is 260 g/mol. The Morgan fingerprint density at radius 3 is 2.63 bits per heavy atom. The number of carbonyl (C=O) groups excluding carboxylic acids is 1. The van der Waals surface area contributed by atoms with Crippen molar-refractivity contribution in [3.8, 4) is 0 Å². The van der Waals surface area contributed by atoms with Crippen LogP contribution in [0.5, 0.6) is 0 Å². The summed E-state index contributed by atoms with van der Waals surface area (Å²) in [6.45, 7) is 4.06. The van der Waals surface area contributed by atoms with Crippen LogP contribution in [0.2, 0.25) is 0 Å². The van der Waals surface area contributed by atoms with E-state index in [0.717, 1.165) is 5.56 Å². The standard InChI is InChI=1S/C16H24N2O/c1-11-8-9-14(10-15(11)17)16(19)18-12(2)13-6-4-3-5-7-13/h8-10,12-13H,3-7,17H2,1-2H3,(H,18,19)/t12-/m1/s1. The highest BCUT2D eigenvalue weighted by molar-refractivity contribution is 5.95. The first-order chi connectivity index (χ1) is 9.08. The van der Waals surface area contributed by atoms with Gasteiger partial charge in [-0.25, -0.2) is 0 Å². The lowest BCUT2D eigenvalue weighted by molar-refractivity contribution is 0.0919. The Balaban J connectivity index is 1.97. The van der Waals surface area contributed by atoms with E-state index in [1.165, 1.54) is 32.1 Å². The first-order valence-corrected chi connectivity index (χ1v) is 7.25. The van der Waals surface area contributed by atoms with E-state index in [4.69, 9.17) is 5.73 Å². The Morgan fingerprint density at radius 1 is 1.32 bits per heavy atom. The summed E-state index contributed by atoms with van der Waals surface area (Å²) < 4.78 is 0. The summed E-state index contributed by atoms with van der Waals surface area (Å²) in [7, 11) is 0. The molecule has 3 heteroatoms. The van der Waals surface area contributed by atoms with Crippen LogP contribution in [0.3, 0.4) is 0 Å². The van der Waals surface area contributed by atoms with Crippen molar-refractivity contribution < 1.29 is 4.79 Å². The lowest BCUT2D eigenvalue weighted by Crippen LogP contribution is -2.38. The maximum Gasteiger partial charge on any atom is 0.251 e. The molecule has 0 unspecified atom stereocenters. The van der Waals surface area contributed by atoms with E-state index in [1.807, 2.05) is 19.1 Å². The molecule has 0 saturated heterocycles. The van der Waals surface area contributed by atoms with Crippen molar-refractivity contribution in [3.63, 3.8) is 0 Å². The summed E-state index contributed by atoms with van der Waals surface area (Å²) in [6, 6.07) is 5.75. The fraction of sp³-hybridized carbons (Fsp3) is 0.562. The van der Waals surface area contributed by atoms with Crippen molar-refractivity contribution >= 4 is 11.6 Å². The van der Waals surface area contributed by atoms with E-state index in [-0.39, 0.29) is 11.9 Å². The Morgan fingerprint density at radius 2 is 2.00 bits per heavy atom. The number of anilines is 1. The molecule has 1 aliphatic rings. The van der Waals surface area contributed by atoms with Crippen LogP contribution in [0.1, 0.15) is 54.9 Å². The minimum absolute atomic E-state index is 0.00947. The molecule has 3 N–H and O–H groups in total. The van der Waals surface area contributed by atoms with Gasteiger partial charge >= 0.3 is 0 Å². The van der Waals surface area contributed by atoms with Gasteiger partial charge in [0, 0.05) is 17.3 Å². The second-order valence-corrected chi connectivity index (χ2v) is 5.73. The van der Waals surface area contributed by atoms with Crippen LogP contribution in [0.4, 0.5) is 5.69 Å². The highest BCUT2D eigenvalue weighted by Crippen LogP contribution is 2.26. The minimum Gasteiger partial charge on any atom is -0.398 e. The molecule has 2 rings (SSSR count). The van der Waals surface area contributed by atoms with Crippen LogP contribution in [0.25, 0.3) is 0 Å². The summed E-state index contributed by atoms with van der Waals surface area (Å²) in [6.07, 6.45) is 6.39. The third-order valence-corrected chi connectivity index (χ3v) is 4.26. The molecule has 0 heterocycles. The monoisotopic (exact) mass is 260 g/mol. The van der Waals surface area contributed by atoms with Gasteiger partial charge in [-0.3, -0.25) is 4.79 Å². The lowest BCUT2D eigenvalue weighted by Gasteiger charge is -2.28. The predicted octanol–water partition coefficient (Wildman–Crippen LogP) is 3.28. The van der Waals surface area contributed by atoms with Gasteiger partial charge in [0.25, 0.3) is 5.91 Å². The smallest absolute Gasteiger partial charge is 0.251 e. The van der Waals surface area contributed by atoms with Gasteiger partial charge in [0.2, 0.25) is 0 Å². The molecule has 0 bridgehead atoms. The Kier molecular flexibility index (Phi) is 4.46. The molecular formula is C16H24N2O. The first-order valence-electron chi connectivity index (χ1n) is 7.25. The zero-order valence-corrected chi connectivity index (χ0v) is 11.9. The van der Waals surface area contributed by atoms with Gasteiger partial charge in [0.15, 0.2) is 0 Å². The van der Waals surface area contributed by atoms with Gasteiger partial charge in [0.1, 0.15) is 0 Å². The number of carbonyl (C=O) groups is 1. The quantitative estimate of drug-likeness (QED) is 0.819. The maximum atomic E-state index is 12.2. The molecule has 19 heavy (non-hydrogen) atoms. The molecule has 104 valence electrons. The average Bonchev–Trinajstić information content (AvgIpc) is 2.42. The molecular weight excluding hydrogens is 236 g/mol. The van der Waals surface area contributed by atoms with Crippen LogP contribution in [0.15, 0.2) is 18.2 Å². The van der Waals surface area contributed by atoms with Crippen LogP contribution in [-0.2, 0) is 0 Å². The number of amides is 1. The van der Waals surface area contributed by atoms with Crippen LogP contribution in [-0.4, -0.2) is 11.9 Å². The third-order valence-electron chi connectivity index (χ3n) is 4.26. The third kappa shape index (κ3) is 3.49. The summed E-state index contributed by atoms with van der Waals surface area (Å²) in [5.41, 5.74) is 8.20. The number of hydrogen-bond acceptors (Lipinski definition) is 2. The second kappa shape index (κ2) is 6.09. The lowest BCUT2D eigenvalue weighted by atomic mass is 9.84. The molecule has 1 amide bonds. The zero-order valence-electron chi connectivity index (χ0n) is 11.9. The molecule has 3 nitrogen and oxygen atoms in total. The van der Waals surface area contributed by atoms with Crippen LogP contribution >= 0.6 is 0 Å². The van der Waals surface area contributed by atoms with Crippen LogP contribution in [0, 0.1) is 12.8 Å². The van der Waals surface area contributed by atoms with E-state index in [9.17, 15) is 4.79 Å². The number of nitrogens with one attached hydrogen (secondary N) is 1. The molecule has 0 radical (unpaired) electrons. The molecule has 1 saturated carbocycles. The summed E-state index contributed by atoms with van der Waals surface area (Å²) in [4.78, 5) is 12.2. The van der Waals surface area contributed by atoms with Gasteiger partial charge in [-0.05, 0) is 50.3 Å². The van der Waals surface area contributed by atoms with Gasteiger partial charge < -0.3 is 11.1 Å². The van der Waals surface area contributed by atoms with E-state index < -0.39 is 0 Å². The van der Waals surface area contributed by atoms with Gasteiger partial charge in [0.05, 0.1) is 0 Å². The largest absolute Gasteiger partial charge is 0.398 e. The number of nitrogen functional groups attached to an aromatic ring is 1. The Bertz CT molecular complexity index is 450. The highest BCUT2D eigenvalue weighted by atomic mass is 16.1. The summed E-state index contributed by atoms with van der Waals surface area (Å²) >= 11 is 0. The molecule has 1 aromatic carbocycles. The molecule has 1 aliphatic carbocycles. The number of nitrogens with two attached hydrogens (primary N) is 1. The molecule has 1 atom stereocenters. The number of hydrogen-bond donors (Lipinski definition) is 2. The van der Waals surface area contributed by atoms with Crippen molar-refractivity contribution in [2.75, 3.05) is 5.73 Å². The van der Waals surface area contributed by atoms with E-state index in [1.54, 1.807) is 6.07 Å². The van der Waals surface area contributed by atoms with Gasteiger partial charge in [-0.1, -0.05) is 25.3 Å². The second-order valence-electron chi connectivity index (χ2n) is 5.73. The van der Waals surface area contributed by atoms with Crippen molar-refractivity contribution in [2.45, 2.75) is 52.0 Å². The number of aryl methyl sites for hydroxylation is 1. The molecule has 0 aromatic heterocycles. The van der Waals surface area contributed by atoms with E-state index >= 15 is 0 Å². The molecule has 0 aliphatic heterocycles. The molecule has 0 spiro atoms. The summed E-state index contributed by atoms with van der Waals surface area (Å²) in [5.74, 6) is 0.616. The fourth-order valence-electron chi connectivity index (χ4n) is 2.82. The van der Waals surface area contributed by atoms with Crippen LogP contribution < -0.4 is 11.1 Å². The van der Waals surface area contributed by atoms with E-state index in [0.29, 0.717) is 17.2 Å².